The number of amides is 3. The number of anilines is 1. The van der Waals surface area contributed by atoms with Gasteiger partial charge in [0.25, 0.3) is 0 Å². The van der Waals surface area contributed by atoms with Gasteiger partial charge in [0.2, 0.25) is 17.7 Å². The Balaban J connectivity index is 1.44. The van der Waals surface area contributed by atoms with Crippen molar-refractivity contribution in [2.45, 2.75) is 45.3 Å². The van der Waals surface area contributed by atoms with Crippen LogP contribution < -0.4 is 4.90 Å². The molecule has 1 aliphatic carbocycles. The van der Waals surface area contributed by atoms with Gasteiger partial charge in [0.1, 0.15) is 11.9 Å². The molecule has 2 saturated heterocycles. The molecular weight excluding hydrogens is 449 g/mol. The van der Waals surface area contributed by atoms with Gasteiger partial charge in [0.15, 0.2) is 0 Å². The lowest BCUT2D eigenvalue weighted by molar-refractivity contribution is -0.152. The Kier molecular flexibility index (Phi) is 6.69. The summed E-state index contributed by atoms with van der Waals surface area (Å²) in [5.74, 6) is -1.02. The number of hydrogen-bond acceptors (Lipinski definition) is 5. The third-order valence-corrected chi connectivity index (χ3v) is 6.82. The second-order valence-electron chi connectivity index (χ2n) is 9.56. The Morgan fingerprint density at radius 1 is 1.03 bits per heavy atom. The van der Waals surface area contributed by atoms with E-state index in [-0.39, 0.29) is 35.5 Å². The van der Waals surface area contributed by atoms with Crippen molar-refractivity contribution in [2.75, 3.05) is 31.1 Å². The first kappa shape index (κ1) is 24.2. The smallest absolute Gasteiger partial charge is 0.353 e. The Hall–Kier alpha value is -2.91. The van der Waals surface area contributed by atoms with Gasteiger partial charge < -0.3 is 9.80 Å². The summed E-state index contributed by atoms with van der Waals surface area (Å²) in [5.41, 5.74) is -0.808. The predicted octanol–water partition coefficient (Wildman–Crippen LogP) is 3.11. The third kappa shape index (κ3) is 4.67. The minimum Gasteiger partial charge on any atom is -0.353 e. The van der Waals surface area contributed by atoms with Crippen molar-refractivity contribution in [1.82, 2.24) is 14.8 Å². The molecule has 3 aliphatic rings. The number of likely N-dealkylation sites (tertiary alicyclic amines) is 1. The van der Waals surface area contributed by atoms with Crippen LogP contribution in [-0.4, -0.2) is 64.7 Å². The molecule has 3 atom stereocenters. The van der Waals surface area contributed by atoms with Crippen molar-refractivity contribution < 1.29 is 27.6 Å². The minimum atomic E-state index is -4.44. The predicted molar refractivity (Wildman–Crippen MR) is 118 cm³/mol. The van der Waals surface area contributed by atoms with Crippen molar-refractivity contribution in [2.24, 2.45) is 17.8 Å². The highest BCUT2D eigenvalue weighted by atomic mass is 19.4. The average Bonchev–Trinajstić information content (AvgIpc) is 3.07. The zero-order chi connectivity index (χ0) is 24.6. The van der Waals surface area contributed by atoms with E-state index in [4.69, 9.17) is 0 Å². The molecule has 1 aromatic heterocycles. The van der Waals surface area contributed by atoms with Gasteiger partial charge in [-0.25, -0.2) is 4.98 Å². The number of halogens is 3. The van der Waals surface area contributed by atoms with E-state index in [1.54, 1.807) is 4.90 Å². The monoisotopic (exact) mass is 478 g/mol. The number of alkyl halides is 3. The van der Waals surface area contributed by atoms with Gasteiger partial charge in [-0.15, -0.1) is 0 Å². The molecule has 0 spiro atoms. The maximum Gasteiger partial charge on any atom is 0.417 e. The van der Waals surface area contributed by atoms with Crippen LogP contribution in [0.5, 0.6) is 0 Å². The lowest BCUT2D eigenvalue weighted by atomic mass is 9.85. The molecule has 0 saturated carbocycles. The van der Waals surface area contributed by atoms with Gasteiger partial charge in [-0.2, -0.15) is 13.2 Å². The molecule has 0 bridgehead atoms. The van der Waals surface area contributed by atoms with Gasteiger partial charge in [0, 0.05) is 32.4 Å². The average molecular weight is 479 g/mol. The number of piperazine rings is 1. The molecule has 1 aromatic rings. The number of carbonyl (C=O) groups excluding carboxylic acids is 3. The van der Waals surface area contributed by atoms with Crippen LogP contribution in [0.4, 0.5) is 19.0 Å². The fraction of sp³-hybridized carbons (Fsp3) is 0.583. The zero-order valence-corrected chi connectivity index (χ0v) is 19.3. The Bertz CT molecular complexity index is 943. The summed E-state index contributed by atoms with van der Waals surface area (Å²) < 4.78 is 38.4. The quantitative estimate of drug-likeness (QED) is 0.480. The van der Waals surface area contributed by atoms with Gasteiger partial charge in [0.05, 0.1) is 17.4 Å². The molecule has 2 aliphatic heterocycles. The lowest BCUT2D eigenvalue weighted by Gasteiger charge is -2.38. The van der Waals surface area contributed by atoms with Crippen molar-refractivity contribution in [1.29, 1.82) is 0 Å². The molecule has 3 heterocycles. The van der Waals surface area contributed by atoms with Crippen molar-refractivity contribution in [3.05, 3.63) is 36.0 Å². The molecule has 4 rings (SSSR count). The summed E-state index contributed by atoms with van der Waals surface area (Å²) in [6, 6.07) is 1.50. The second kappa shape index (κ2) is 9.38. The summed E-state index contributed by atoms with van der Waals surface area (Å²) in [5, 5.41) is 0. The van der Waals surface area contributed by atoms with Crippen LogP contribution in [0.25, 0.3) is 0 Å². The van der Waals surface area contributed by atoms with Crippen molar-refractivity contribution in [3.8, 4) is 0 Å². The van der Waals surface area contributed by atoms with Gasteiger partial charge in [-0.3, -0.25) is 19.3 Å². The van der Waals surface area contributed by atoms with E-state index in [1.807, 2.05) is 30.9 Å². The van der Waals surface area contributed by atoms with Crippen LogP contribution in [0, 0.1) is 17.8 Å². The van der Waals surface area contributed by atoms with Crippen molar-refractivity contribution in [3.63, 3.8) is 0 Å². The lowest BCUT2D eigenvalue weighted by Crippen LogP contribution is -2.56. The first-order chi connectivity index (χ1) is 16.1. The summed E-state index contributed by atoms with van der Waals surface area (Å²) in [6.45, 7) is 5.37. The van der Waals surface area contributed by atoms with Crippen LogP contribution in [0.2, 0.25) is 0 Å². The van der Waals surface area contributed by atoms with Crippen LogP contribution in [0.3, 0.4) is 0 Å². The molecule has 184 valence electrons. The van der Waals surface area contributed by atoms with Gasteiger partial charge in [-0.05, 0) is 37.3 Å². The molecular formula is C24H29F3N4O3. The minimum absolute atomic E-state index is 0.105. The normalized spacial score (nSPS) is 24.1. The highest BCUT2D eigenvalue weighted by Crippen LogP contribution is 2.37. The topological polar surface area (TPSA) is 73.8 Å². The Morgan fingerprint density at radius 3 is 2.09 bits per heavy atom. The molecule has 0 N–H and O–H groups in total. The fourth-order valence-corrected chi connectivity index (χ4v) is 5.00. The van der Waals surface area contributed by atoms with Crippen LogP contribution in [0.15, 0.2) is 30.5 Å². The Labute approximate surface area is 196 Å². The standard InChI is InChI=1S/C24H29F3N4O3/c1-15(2)13-19(31-21(32)17-5-3-4-6-18(17)22(31)33)23(34)30-11-9-29(10-12-30)20-8-7-16(14-28-20)24(25,26)27/h3-4,7-8,14-15,17-19H,5-6,9-13H2,1-2H3/t17-,18-,19+/m0/s1. The Morgan fingerprint density at radius 2 is 1.62 bits per heavy atom. The van der Waals surface area contributed by atoms with E-state index in [0.29, 0.717) is 51.3 Å². The van der Waals surface area contributed by atoms with E-state index >= 15 is 0 Å². The molecule has 7 nitrogen and oxygen atoms in total. The van der Waals surface area contributed by atoms with Crippen LogP contribution in [-0.2, 0) is 20.6 Å². The first-order valence-electron chi connectivity index (χ1n) is 11.7. The molecule has 34 heavy (non-hydrogen) atoms. The number of imide groups is 1. The summed E-state index contributed by atoms with van der Waals surface area (Å²) >= 11 is 0. The zero-order valence-electron chi connectivity index (χ0n) is 19.3. The molecule has 0 aromatic carbocycles. The fourth-order valence-electron chi connectivity index (χ4n) is 5.00. The molecule has 0 radical (unpaired) electrons. The molecule has 10 heteroatoms. The van der Waals surface area contributed by atoms with E-state index < -0.39 is 17.8 Å². The number of pyridine rings is 1. The number of carbonyl (C=O) groups is 3. The van der Waals surface area contributed by atoms with Crippen molar-refractivity contribution >= 4 is 23.5 Å². The molecule has 3 amide bonds. The number of fused-ring (bicyclic) bond motifs is 1. The van der Waals surface area contributed by atoms with Gasteiger partial charge >= 0.3 is 6.18 Å². The highest BCUT2D eigenvalue weighted by molar-refractivity contribution is 6.08. The van der Waals surface area contributed by atoms with Crippen LogP contribution >= 0.6 is 0 Å². The van der Waals surface area contributed by atoms with Crippen LogP contribution in [0.1, 0.15) is 38.7 Å². The highest BCUT2D eigenvalue weighted by Gasteiger charge is 2.51. The largest absolute Gasteiger partial charge is 0.417 e. The summed E-state index contributed by atoms with van der Waals surface area (Å²) in [4.78, 5) is 48.3. The maximum absolute atomic E-state index is 13.5. The summed E-state index contributed by atoms with van der Waals surface area (Å²) in [6.07, 6.45) is 1.64. The maximum atomic E-state index is 13.5. The number of hydrogen-bond donors (Lipinski definition) is 0. The number of nitrogens with zero attached hydrogens (tertiary/aromatic N) is 4. The second-order valence-corrected chi connectivity index (χ2v) is 9.56. The van der Waals surface area contributed by atoms with E-state index in [9.17, 15) is 27.6 Å². The SMILES string of the molecule is CC(C)C[C@H](C(=O)N1CCN(c2ccc(C(F)(F)F)cn2)CC1)N1C(=O)[C@H]2CC=CC[C@@H]2C1=O. The van der Waals surface area contributed by atoms with E-state index in [0.717, 1.165) is 12.3 Å². The molecule has 0 unspecified atom stereocenters. The first-order valence-corrected chi connectivity index (χ1v) is 11.7. The summed E-state index contributed by atoms with van der Waals surface area (Å²) in [7, 11) is 0. The van der Waals surface area contributed by atoms with Gasteiger partial charge in [-0.1, -0.05) is 26.0 Å². The molecule has 2 fully saturated rings. The number of rotatable bonds is 5. The number of allylic oxidation sites excluding steroid dienone is 2. The number of aromatic nitrogens is 1. The van der Waals surface area contributed by atoms with E-state index in [2.05, 4.69) is 4.98 Å². The third-order valence-electron chi connectivity index (χ3n) is 6.82. The van der Waals surface area contributed by atoms with E-state index in [1.165, 1.54) is 11.0 Å².